The quantitative estimate of drug-likeness (QED) is 0.391. The molecule has 0 fully saturated rings. The van der Waals surface area contributed by atoms with Gasteiger partial charge in [-0.15, -0.1) is 0 Å². The smallest absolute Gasteiger partial charge is 0.332 e. The molecule has 0 radical (unpaired) electrons. The van der Waals surface area contributed by atoms with Gasteiger partial charge in [0.15, 0.2) is 0 Å². The number of rotatable bonds is 5. The van der Waals surface area contributed by atoms with Crippen LogP contribution in [0.5, 0.6) is 0 Å². The monoisotopic (exact) mass is 482 g/mol. The van der Waals surface area contributed by atoms with Crippen molar-refractivity contribution in [2.75, 3.05) is 10.6 Å². The van der Waals surface area contributed by atoms with Crippen molar-refractivity contribution in [2.24, 2.45) is 0 Å². The standard InChI is InChI=1S/C15H9Br2FN6O2/c16-8-1-3-11(10(18)5-8)22-14-13(24(25)26)15(21-7-20-14)23-12-4-2-9(17)6-19-12/h1-7H,(H2,19,20,21,22,23). The summed E-state index contributed by atoms with van der Waals surface area (Å²) in [7, 11) is 0. The topological polar surface area (TPSA) is 106 Å². The van der Waals surface area contributed by atoms with Crippen LogP contribution in [0.25, 0.3) is 0 Å². The van der Waals surface area contributed by atoms with E-state index in [1.165, 1.54) is 18.3 Å². The van der Waals surface area contributed by atoms with E-state index in [0.717, 1.165) is 10.8 Å². The summed E-state index contributed by atoms with van der Waals surface area (Å²) in [6.45, 7) is 0. The first-order valence-corrected chi connectivity index (χ1v) is 8.62. The molecule has 0 unspecified atom stereocenters. The number of anilines is 4. The number of nitrogens with one attached hydrogen (secondary N) is 2. The van der Waals surface area contributed by atoms with Crippen molar-refractivity contribution >= 4 is 60.7 Å². The van der Waals surface area contributed by atoms with Gasteiger partial charge in [-0.2, -0.15) is 0 Å². The SMILES string of the molecule is O=[N+]([O-])c1c(Nc2ccc(Br)cn2)ncnc1Nc1ccc(Br)cc1F. The molecule has 3 rings (SSSR count). The van der Waals surface area contributed by atoms with Gasteiger partial charge in [0.25, 0.3) is 0 Å². The fourth-order valence-electron chi connectivity index (χ4n) is 2.02. The lowest BCUT2D eigenvalue weighted by Gasteiger charge is -2.10. The molecular weight excluding hydrogens is 475 g/mol. The molecule has 11 heteroatoms. The summed E-state index contributed by atoms with van der Waals surface area (Å²) >= 11 is 6.41. The molecule has 0 amide bonds. The van der Waals surface area contributed by atoms with Gasteiger partial charge < -0.3 is 10.6 Å². The van der Waals surface area contributed by atoms with Crippen LogP contribution in [0.15, 0.2) is 51.8 Å². The molecule has 8 nitrogen and oxygen atoms in total. The number of benzene rings is 1. The third kappa shape index (κ3) is 4.11. The van der Waals surface area contributed by atoms with Gasteiger partial charge in [0, 0.05) is 15.1 Å². The summed E-state index contributed by atoms with van der Waals surface area (Å²) in [5, 5.41) is 16.9. The van der Waals surface area contributed by atoms with Crippen molar-refractivity contribution in [2.45, 2.75) is 0 Å². The first kappa shape index (κ1) is 18.1. The fourth-order valence-corrected chi connectivity index (χ4v) is 2.59. The summed E-state index contributed by atoms with van der Waals surface area (Å²) in [5.74, 6) is -0.446. The lowest BCUT2D eigenvalue weighted by molar-refractivity contribution is -0.383. The highest BCUT2D eigenvalue weighted by Gasteiger charge is 2.24. The van der Waals surface area contributed by atoms with E-state index in [-0.39, 0.29) is 17.3 Å². The van der Waals surface area contributed by atoms with Gasteiger partial charge in [-0.05, 0) is 46.3 Å². The molecule has 0 saturated heterocycles. The van der Waals surface area contributed by atoms with Crippen LogP contribution in [0.4, 0.5) is 33.2 Å². The molecule has 0 aliphatic carbocycles. The predicted octanol–water partition coefficient (Wildman–Crippen LogP) is 4.93. The Morgan fingerprint density at radius 2 is 1.69 bits per heavy atom. The number of halogens is 3. The van der Waals surface area contributed by atoms with Crippen LogP contribution < -0.4 is 10.6 Å². The Hall–Kier alpha value is -2.66. The second kappa shape index (κ2) is 7.70. The Labute approximate surface area is 163 Å². The molecule has 1 aromatic carbocycles. The van der Waals surface area contributed by atoms with E-state index in [0.29, 0.717) is 10.3 Å². The van der Waals surface area contributed by atoms with Gasteiger partial charge in [0.05, 0.1) is 10.6 Å². The average Bonchev–Trinajstić information content (AvgIpc) is 2.59. The number of aromatic nitrogens is 3. The van der Waals surface area contributed by atoms with Crippen molar-refractivity contribution in [3.63, 3.8) is 0 Å². The van der Waals surface area contributed by atoms with Gasteiger partial charge in [0.1, 0.15) is 18.0 Å². The maximum Gasteiger partial charge on any atom is 0.353 e. The molecule has 26 heavy (non-hydrogen) atoms. The second-order valence-corrected chi connectivity index (χ2v) is 6.74. The van der Waals surface area contributed by atoms with E-state index in [1.54, 1.807) is 18.2 Å². The van der Waals surface area contributed by atoms with Crippen LogP contribution in [0.2, 0.25) is 0 Å². The van der Waals surface area contributed by atoms with E-state index in [1.807, 2.05) is 0 Å². The van der Waals surface area contributed by atoms with E-state index in [2.05, 4.69) is 57.4 Å². The lowest BCUT2D eigenvalue weighted by Crippen LogP contribution is -2.06. The molecule has 2 aromatic heterocycles. The number of hydrogen-bond donors (Lipinski definition) is 2. The van der Waals surface area contributed by atoms with Crippen molar-refractivity contribution < 1.29 is 9.31 Å². The van der Waals surface area contributed by atoms with Crippen molar-refractivity contribution in [3.8, 4) is 0 Å². The number of hydrogen-bond acceptors (Lipinski definition) is 7. The van der Waals surface area contributed by atoms with Crippen LogP contribution >= 0.6 is 31.9 Å². The minimum Gasteiger partial charge on any atom is -0.332 e. The summed E-state index contributed by atoms with van der Waals surface area (Å²) in [6.07, 6.45) is 2.67. The largest absolute Gasteiger partial charge is 0.353 e. The molecule has 0 atom stereocenters. The van der Waals surface area contributed by atoms with Crippen molar-refractivity contribution in [1.29, 1.82) is 0 Å². The van der Waals surface area contributed by atoms with Crippen LogP contribution in [0.3, 0.4) is 0 Å². The number of nitrogens with zero attached hydrogens (tertiary/aromatic N) is 4. The first-order chi connectivity index (χ1) is 12.4. The lowest BCUT2D eigenvalue weighted by atomic mass is 10.3. The molecule has 2 N–H and O–H groups in total. The molecule has 0 saturated carbocycles. The normalized spacial score (nSPS) is 10.4. The summed E-state index contributed by atoms with van der Waals surface area (Å²) < 4.78 is 15.3. The number of pyridine rings is 1. The van der Waals surface area contributed by atoms with Gasteiger partial charge >= 0.3 is 5.69 Å². The van der Waals surface area contributed by atoms with Gasteiger partial charge in [-0.25, -0.2) is 19.3 Å². The number of nitro groups is 1. The first-order valence-electron chi connectivity index (χ1n) is 7.04. The third-order valence-corrected chi connectivity index (χ3v) is 4.13. The molecule has 2 heterocycles. The maximum absolute atomic E-state index is 14.0. The molecule has 0 spiro atoms. The Bertz CT molecular complexity index is 971. The Morgan fingerprint density at radius 3 is 2.31 bits per heavy atom. The average molecular weight is 484 g/mol. The van der Waals surface area contributed by atoms with Crippen molar-refractivity contribution in [1.82, 2.24) is 15.0 Å². The molecule has 3 aromatic rings. The van der Waals surface area contributed by atoms with E-state index >= 15 is 0 Å². The predicted molar refractivity (Wildman–Crippen MR) is 101 cm³/mol. The van der Waals surface area contributed by atoms with Gasteiger partial charge in [-0.3, -0.25) is 10.1 Å². The minimum atomic E-state index is -0.652. The highest BCUT2D eigenvalue weighted by atomic mass is 79.9. The summed E-state index contributed by atoms with van der Waals surface area (Å²) in [6, 6.07) is 7.62. The van der Waals surface area contributed by atoms with Crippen LogP contribution in [-0.2, 0) is 0 Å². The Kier molecular flexibility index (Phi) is 5.38. The van der Waals surface area contributed by atoms with E-state index < -0.39 is 16.4 Å². The zero-order valence-corrected chi connectivity index (χ0v) is 16.0. The van der Waals surface area contributed by atoms with E-state index in [9.17, 15) is 14.5 Å². The highest BCUT2D eigenvalue weighted by Crippen LogP contribution is 2.33. The third-order valence-electron chi connectivity index (χ3n) is 3.16. The minimum absolute atomic E-state index is 0.0442. The maximum atomic E-state index is 14.0. The van der Waals surface area contributed by atoms with Gasteiger partial charge in [-0.1, -0.05) is 15.9 Å². The highest BCUT2D eigenvalue weighted by molar-refractivity contribution is 9.10. The summed E-state index contributed by atoms with van der Waals surface area (Å²) in [4.78, 5) is 22.7. The second-order valence-electron chi connectivity index (χ2n) is 4.91. The molecule has 132 valence electrons. The van der Waals surface area contributed by atoms with Gasteiger partial charge in [0.2, 0.25) is 11.6 Å². The zero-order valence-electron chi connectivity index (χ0n) is 12.8. The van der Waals surface area contributed by atoms with Crippen molar-refractivity contribution in [3.05, 3.63) is 67.7 Å². The van der Waals surface area contributed by atoms with Crippen LogP contribution in [0.1, 0.15) is 0 Å². The molecule has 0 bridgehead atoms. The molecular formula is C15H9Br2FN6O2. The fraction of sp³-hybridized carbons (Fsp3) is 0. The molecule has 0 aliphatic heterocycles. The molecule has 0 aliphatic rings. The Morgan fingerprint density at radius 1 is 1.00 bits per heavy atom. The van der Waals surface area contributed by atoms with Crippen LogP contribution in [-0.4, -0.2) is 19.9 Å². The summed E-state index contributed by atoms with van der Waals surface area (Å²) in [5.41, 5.74) is -0.387. The Balaban J connectivity index is 1.98. The van der Waals surface area contributed by atoms with Crippen LogP contribution in [0, 0.1) is 15.9 Å². The van der Waals surface area contributed by atoms with E-state index in [4.69, 9.17) is 0 Å². The zero-order chi connectivity index (χ0) is 18.7.